The minimum Gasteiger partial charge on any atom is -0.354 e. The lowest BCUT2D eigenvalue weighted by Gasteiger charge is -2.22. The van der Waals surface area contributed by atoms with E-state index < -0.39 is 0 Å². The lowest BCUT2D eigenvalue weighted by Crippen LogP contribution is -2.27. The number of nitrogens with zero attached hydrogens (tertiary/aromatic N) is 3. The van der Waals surface area contributed by atoms with Crippen molar-refractivity contribution in [3.8, 4) is 0 Å². The highest BCUT2D eigenvalue weighted by Crippen LogP contribution is 2.12. The number of nitrogens with one attached hydrogen (secondary N) is 1. The highest BCUT2D eigenvalue weighted by Gasteiger charge is 2.08. The summed E-state index contributed by atoms with van der Waals surface area (Å²) in [6.07, 6.45) is 6.36. The second-order valence-corrected chi connectivity index (χ2v) is 4.29. The minimum atomic E-state index is 0.728. The van der Waals surface area contributed by atoms with Crippen molar-refractivity contribution >= 4 is 18.0 Å². The summed E-state index contributed by atoms with van der Waals surface area (Å²) < 4.78 is 0.728. The van der Waals surface area contributed by atoms with Crippen LogP contribution in [0.5, 0.6) is 0 Å². The summed E-state index contributed by atoms with van der Waals surface area (Å²) in [6, 6.07) is 0. The Morgan fingerprint density at radius 1 is 1.25 bits per heavy atom. The van der Waals surface area contributed by atoms with Gasteiger partial charge in [0.2, 0.25) is 0 Å². The van der Waals surface area contributed by atoms with E-state index in [4.69, 9.17) is 12.2 Å². The maximum Gasteiger partial charge on any atom is 0.170 e. The first-order chi connectivity index (χ1) is 7.79. The molecular weight excluding hydrogens is 220 g/mol. The first-order valence-corrected chi connectivity index (χ1v) is 6.35. The molecule has 0 fully saturated rings. The van der Waals surface area contributed by atoms with Gasteiger partial charge in [-0.1, -0.05) is 38.9 Å². The summed E-state index contributed by atoms with van der Waals surface area (Å²) in [5, 5.41) is 10.6. The van der Waals surface area contributed by atoms with Crippen molar-refractivity contribution in [2.75, 3.05) is 18.0 Å². The molecule has 4 nitrogen and oxygen atoms in total. The van der Waals surface area contributed by atoms with Crippen LogP contribution < -0.4 is 4.90 Å². The lowest BCUT2D eigenvalue weighted by molar-refractivity contribution is 0.660. The molecule has 0 aliphatic heterocycles. The molecule has 0 radical (unpaired) electrons. The van der Waals surface area contributed by atoms with Gasteiger partial charge in [-0.3, -0.25) is 0 Å². The Labute approximate surface area is 102 Å². The van der Waals surface area contributed by atoms with Crippen LogP contribution in [0.4, 0.5) is 5.82 Å². The maximum absolute atomic E-state index is 5.24. The quantitative estimate of drug-likeness (QED) is 0.744. The van der Waals surface area contributed by atoms with Gasteiger partial charge in [0.15, 0.2) is 5.82 Å². The fourth-order valence-electron chi connectivity index (χ4n) is 1.52. The molecule has 0 amide bonds. The molecule has 0 aliphatic carbocycles. The fraction of sp³-hybridized carbons (Fsp3) is 0.727. The molecule has 0 unspecified atom stereocenters. The van der Waals surface area contributed by atoms with Crippen LogP contribution in [0.3, 0.4) is 0 Å². The lowest BCUT2D eigenvalue weighted by atomic mass is 10.2. The highest BCUT2D eigenvalue weighted by molar-refractivity contribution is 7.71. The third-order valence-corrected chi connectivity index (χ3v) is 2.77. The third kappa shape index (κ3) is 3.89. The number of hydrogen-bond acceptors (Lipinski definition) is 4. The molecule has 1 N–H and O–H groups in total. The minimum absolute atomic E-state index is 0.728. The van der Waals surface area contributed by atoms with Crippen molar-refractivity contribution in [1.82, 2.24) is 15.4 Å². The summed E-state index contributed by atoms with van der Waals surface area (Å²) in [6.45, 7) is 6.42. The molecule has 1 aromatic heterocycles. The number of aromatic amines is 1. The Balaban J connectivity index is 2.74. The molecule has 90 valence electrons. The maximum atomic E-state index is 5.24. The van der Waals surface area contributed by atoms with Crippen LogP contribution in [0, 0.1) is 4.51 Å². The van der Waals surface area contributed by atoms with Crippen molar-refractivity contribution in [2.24, 2.45) is 0 Å². The number of rotatable bonds is 7. The van der Waals surface area contributed by atoms with E-state index in [1.54, 1.807) is 6.20 Å². The van der Waals surface area contributed by atoms with E-state index in [-0.39, 0.29) is 0 Å². The van der Waals surface area contributed by atoms with E-state index in [0.29, 0.717) is 0 Å². The molecule has 0 aromatic carbocycles. The Bertz CT molecular complexity index is 342. The van der Waals surface area contributed by atoms with Crippen LogP contribution in [0.15, 0.2) is 6.20 Å². The molecule has 0 saturated heterocycles. The molecule has 5 heteroatoms. The van der Waals surface area contributed by atoms with Crippen LogP contribution in [0.25, 0.3) is 0 Å². The Hall–Kier alpha value is -0.970. The molecule has 1 rings (SSSR count). The van der Waals surface area contributed by atoms with E-state index in [0.717, 1.165) is 23.4 Å². The summed E-state index contributed by atoms with van der Waals surface area (Å²) in [5.74, 6) is 0.868. The summed E-state index contributed by atoms with van der Waals surface area (Å²) in [5.41, 5.74) is 0. The van der Waals surface area contributed by atoms with Gasteiger partial charge in [0.1, 0.15) is 4.51 Å². The zero-order valence-electron chi connectivity index (χ0n) is 10.1. The van der Waals surface area contributed by atoms with Gasteiger partial charge in [-0.2, -0.15) is 10.3 Å². The number of H-pyrrole nitrogens is 1. The number of hydrogen-bond donors (Lipinski definition) is 1. The van der Waals surface area contributed by atoms with Crippen molar-refractivity contribution in [1.29, 1.82) is 0 Å². The fourth-order valence-corrected chi connectivity index (χ4v) is 1.75. The van der Waals surface area contributed by atoms with Crippen LogP contribution >= 0.6 is 12.2 Å². The predicted molar refractivity (Wildman–Crippen MR) is 69.2 cm³/mol. The van der Waals surface area contributed by atoms with Gasteiger partial charge in [-0.15, -0.1) is 5.10 Å². The summed E-state index contributed by atoms with van der Waals surface area (Å²) >= 11 is 5.24. The van der Waals surface area contributed by atoms with E-state index in [1.807, 2.05) is 0 Å². The highest BCUT2D eigenvalue weighted by atomic mass is 32.1. The average Bonchev–Trinajstić information content (AvgIpc) is 2.31. The van der Waals surface area contributed by atoms with Gasteiger partial charge in [0.05, 0.1) is 6.20 Å². The molecule has 1 aromatic rings. The molecule has 0 spiro atoms. The second kappa shape index (κ2) is 7.33. The zero-order valence-corrected chi connectivity index (χ0v) is 10.9. The van der Waals surface area contributed by atoms with Gasteiger partial charge < -0.3 is 4.90 Å². The van der Waals surface area contributed by atoms with Crippen molar-refractivity contribution in [3.05, 3.63) is 10.7 Å². The molecule has 0 bridgehead atoms. The third-order valence-electron chi connectivity index (χ3n) is 2.48. The van der Waals surface area contributed by atoms with E-state index >= 15 is 0 Å². The Morgan fingerprint density at radius 2 is 1.88 bits per heavy atom. The van der Waals surface area contributed by atoms with Crippen LogP contribution in [-0.2, 0) is 0 Å². The first kappa shape index (κ1) is 13.1. The molecule has 1 heterocycles. The largest absolute Gasteiger partial charge is 0.354 e. The van der Waals surface area contributed by atoms with Crippen molar-refractivity contribution in [3.63, 3.8) is 0 Å². The van der Waals surface area contributed by atoms with Gasteiger partial charge >= 0.3 is 0 Å². The van der Waals surface area contributed by atoms with Crippen LogP contribution in [-0.4, -0.2) is 28.5 Å². The van der Waals surface area contributed by atoms with Gasteiger partial charge in [0, 0.05) is 13.1 Å². The Morgan fingerprint density at radius 3 is 2.38 bits per heavy atom. The molecular formula is C11H20N4S. The van der Waals surface area contributed by atoms with Crippen LogP contribution in [0.2, 0.25) is 0 Å². The number of aromatic nitrogens is 3. The van der Waals surface area contributed by atoms with Crippen molar-refractivity contribution in [2.45, 2.75) is 39.5 Å². The summed E-state index contributed by atoms with van der Waals surface area (Å²) in [7, 11) is 0. The standard InChI is InChI=1S/C11H20N4S/c1-3-5-7-15(8-6-4-2)11-10(16)9-12-14-13-11/h9H,3-8H2,1-2H3,(H,14,16). The smallest absolute Gasteiger partial charge is 0.170 e. The predicted octanol–water partition coefficient (Wildman–Crippen LogP) is 2.94. The topological polar surface area (TPSA) is 44.8 Å². The van der Waals surface area contributed by atoms with Crippen LogP contribution in [0.1, 0.15) is 39.5 Å². The van der Waals surface area contributed by atoms with Gasteiger partial charge in [0.25, 0.3) is 0 Å². The number of anilines is 1. The first-order valence-electron chi connectivity index (χ1n) is 5.94. The molecule has 0 atom stereocenters. The summed E-state index contributed by atoms with van der Waals surface area (Å²) in [4.78, 5) is 2.26. The second-order valence-electron chi connectivity index (χ2n) is 3.85. The molecule has 16 heavy (non-hydrogen) atoms. The van der Waals surface area contributed by atoms with E-state index in [9.17, 15) is 0 Å². The zero-order chi connectivity index (χ0) is 11.8. The van der Waals surface area contributed by atoms with Crippen molar-refractivity contribution < 1.29 is 0 Å². The number of unbranched alkanes of at least 4 members (excludes halogenated alkanes) is 2. The average molecular weight is 240 g/mol. The van der Waals surface area contributed by atoms with E-state index in [1.165, 1.54) is 25.7 Å². The molecule has 0 saturated carbocycles. The SMILES string of the molecule is CCCCN(CCCC)c1n[nH]ncc1=S. The normalized spacial score (nSPS) is 10.4. The monoisotopic (exact) mass is 240 g/mol. The molecule has 0 aliphatic rings. The Kier molecular flexibility index (Phi) is 6.00. The van der Waals surface area contributed by atoms with Gasteiger partial charge in [-0.25, -0.2) is 0 Å². The van der Waals surface area contributed by atoms with E-state index in [2.05, 4.69) is 34.2 Å². The van der Waals surface area contributed by atoms with Gasteiger partial charge in [-0.05, 0) is 12.8 Å².